The molecule has 1 N–H and O–H groups in total. The van der Waals surface area contributed by atoms with Crippen molar-refractivity contribution in [3.8, 4) is 5.75 Å². The minimum atomic E-state index is -0.0920. The third kappa shape index (κ3) is 4.92. The number of fused-ring (bicyclic) bond motifs is 1. The average Bonchev–Trinajstić information content (AvgIpc) is 3.15. The first-order valence-corrected chi connectivity index (χ1v) is 10.9. The van der Waals surface area contributed by atoms with Gasteiger partial charge in [-0.25, -0.2) is 0 Å². The van der Waals surface area contributed by atoms with Crippen molar-refractivity contribution < 1.29 is 14.3 Å². The topological polar surface area (TPSA) is 55.7 Å². The largest absolute Gasteiger partial charge is 0.496 e. The summed E-state index contributed by atoms with van der Waals surface area (Å²) in [6.07, 6.45) is 2.51. The average molecular weight is 422 g/mol. The van der Waals surface area contributed by atoms with E-state index in [1.165, 1.54) is 5.39 Å². The molecule has 31 heavy (non-hydrogen) atoms. The number of hydrogen-bond acceptors (Lipinski definition) is 4. The normalized spacial score (nSPS) is 15.7. The molecule has 6 heteroatoms. The van der Waals surface area contributed by atoms with Crippen LogP contribution in [0.4, 0.5) is 0 Å². The van der Waals surface area contributed by atoms with E-state index in [1.54, 1.807) is 7.11 Å². The predicted octanol–water partition coefficient (Wildman–Crippen LogP) is 3.16. The summed E-state index contributed by atoms with van der Waals surface area (Å²) in [6.45, 7) is 4.89. The molecule has 0 aliphatic carbocycles. The zero-order valence-corrected chi connectivity index (χ0v) is 18.3. The predicted molar refractivity (Wildman–Crippen MR) is 123 cm³/mol. The van der Waals surface area contributed by atoms with E-state index >= 15 is 0 Å². The van der Waals surface area contributed by atoms with E-state index in [4.69, 9.17) is 9.47 Å². The van der Waals surface area contributed by atoms with Crippen molar-refractivity contribution in [2.24, 2.45) is 7.05 Å². The van der Waals surface area contributed by atoms with E-state index in [9.17, 15) is 4.79 Å². The summed E-state index contributed by atoms with van der Waals surface area (Å²) < 4.78 is 13.2. The molecule has 6 nitrogen and oxygen atoms in total. The molecule has 1 fully saturated rings. The molecule has 1 amide bonds. The first kappa shape index (κ1) is 21.4. The van der Waals surface area contributed by atoms with Crippen molar-refractivity contribution in [1.82, 2.24) is 14.8 Å². The summed E-state index contributed by atoms with van der Waals surface area (Å²) in [4.78, 5) is 15.3. The lowest BCUT2D eigenvalue weighted by molar-refractivity contribution is -0.121. The number of methoxy groups -OCH3 is 1. The third-order valence-electron chi connectivity index (χ3n) is 6.06. The Bertz CT molecular complexity index is 1020. The van der Waals surface area contributed by atoms with Crippen molar-refractivity contribution in [3.63, 3.8) is 0 Å². The number of benzene rings is 2. The van der Waals surface area contributed by atoms with E-state index < -0.39 is 0 Å². The zero-order chi connectivity index (χ0) is 21.6. The van der Waals surface area contributed by atoms with Crippen molar-refractivity contribution in [1.29, 1.82) is 0 Å². The third-order valence-corrected chi connectivity index (χ3v) is 6.06. The van der Waals surface area contributed by atoms with Crippen LogP contribution >= 0.6 is 0 Å². The van der Waals surface area contributed by atoms with Crippen molar-refractivity contribution in [3.05, 3.63) is 65.9 Å². The number of rotatable bonds is 8. The Morgan fingerprint density at radius 1 is 1.10 bits per heavy atom. The van der Waals surface area contributed by atoms with E-state index in [1.807, 2.05) is 37.4 Å². The number of carbonyl (C=O) groups is 1. The van der Waals surface area contributed by atoms with Gasteiger partial charge in [0.05, 0.1) is 20.3 Å². The Balaban J connectivity index is 1.56. The molecule has 0 unspecified atom stereocenters. The lowest BCUT2D eigenvalue weighted by atomic mass is 9.87. The smallest absolute Gasteiger partial charge is 0.220 e. The van der Waals surface area contributed by atoms with Crippen LogP contribution in [-0.2, 0) is 16.6 Å². The highest BCUT2D eigenvalue weighted by Gasteiger charge is 2.25. The van der Waals surface area contributed by atoms with Gasteiger partial charge in [0.1, 0.15) is 5.75 Å². The Labute approximate surface area is 183 Å². The molecular weight excluding hydrogens is 390 g/mol. The summed E-state index contributed by atoms with van der Waals surface area (Å²) in [6, 6.07) is 16.3. The summed E-state index contributed by atoms with van der Waals surface area (Å²) >= 11 is 0. The fourth-order valence-electron chi connectivity index (χ4n) is 4.43. The molecule has 0 saturated carbocycles. The maximum atomic E-state index is 13.0. The second kappa shape index (κ2) is 9.98. The van der Waals surface area contributed by atoms with Gasteiger partial charge in [-0.1, -0.05) is 36.4 Å². The van der Waals surface area contributed by atoms with Crippen LogP contribution in [0.5, 0.6) is 5.75 Å². The summed E-state index contributed by atoms with van der Waals surface area (Å²) in [5, 5.41) is 4.29. The molecular formula is C25H31N3O3. The van der Waals surface area contributed by atoms with E-state index in [-0.39, 0.29) is 11.8 Å². The van der Waals surface area contributed by atoms with Gasteiger partial charge in [-0.2, -0.15) is 0 Å². The van der Waals surface area contributed by atoms with Crippen molar-refractivity contribution in [2.75, 3.05) is 46.5 Å². The van der Waals surface area contributed by atoms with Gasteiger partial charge >= 0.3 is 0 Å². The molecule has 3 aromatic rings. The van der Waals surface area contributed by atoms with Gasteiger partial charge in [0.25, 0.3) is 0 Å². The summed E-state index contributed by atoms with van der Waals surface area (Å²) in [5.74, 6) is 0.768. The van der Waals surface area contributed by atoms with Gasteiger partial charge in [-0.05, 0) is 17.7 Å². The second-order valence-corrected chi connectivity index (χ2v) is 8.02. The minimum absolute atomic E-state index is 0.0529. The van der Waals surface area contributed by atoms with Crippen LogP contribution in [0.2, 0.25) is 0 Å². The molecule has 2 heterocycles. The number of morpholine rings is 1. The highest BCUT2D eigenvalue weighted by Crippen LogP contribution is 2.38. The number of aryl methyl sites for hydroxylation is 1. The molecule has 0 spiro atoms. The Kier molecular flexibility index (Phi) is 6.89. The van der Waals surface area contributed by atoms with Gasteiger partial charge in [0.2, 0.25) is 5.91 Å². The van der Waals surface area contributed by atoms with Crippen LogP contribution in [0.15, 0.2) is 54.7 Å². The van der Waals surface area contributed by atoms with Crippen molar-refractivity contribution >= 4 is 16.8 Å². The maximum absolute atomic E-state index is 13.0. The molecule has 4 rings (SSSR count). The van der Waals surface area contributed by atoms with Crippen molar-refractivity contribution in [2.45, 2.75) is 12.3 Å². The van der Waals surface area contributed by atoms with Gasteiger partial charge in [0, 0.05) is 68.2 Å². The number of amides is 1. The van der Waals surface area contributed by atoms with Crippen LogP contribution in [-0.4, -0.2) is 61.9 Å². The fraction of sp³-hybridized carbons (Fsp3) is 0.400. The fourth-order valence-corrected chi connectivity index (χ4v) is 4.43. The van der Waals surface area contributed by atoms with Crippen LogP contribution < -0.4 is 10.1 Å². The van der Waals surface area contributed by atoms with Crippen LogP contribution in [0, 0.1) is 0 Å². The van der Waals surface area contributed by atoms with Gasteiger partial charge in [-0.15, -0.1) is 0 Å². The number of ether oxygens (including phenoxy) is 2. The standard InChI is InChI=1S/C25H31N3O3/c1-27-18-22(19-7-3-5-9-23(19)27)21(20-8-4-6-10-24(20)30-2)17-25(29)26-11-12-28-13-15-31-16-14-28/h3-10,18,21H,11-17H2,1-2H3,(H,26,29)/t21-/m1/s1. The first-order chi connectivity index (χ1) is 15.2. The summed E-state index contributed by atoms with van der Waals surface area (Å²) in [7, 11) is 3.73. The molecule has 0 radical (unpaired) electrons. The van der Waals surface area contributed by atoms with E-state index in [0.717, 1.165) is 55.2 Å². The lowest BCUT2D eigenvalue weighted by Crippen LogP contribution is -2.41. The number of aromatic nitrogens is 1. The minimum Gasteiger partial charge on any atom is -0.496 e. The first-order valence-electron chi connectivity index (χ1n) is 10.9. The van der Waals surface area contributed by atoms with E-state index in [2.05, 4.69) is 39.2 Å². The molecule has 164 valence electrons. The monoisotopic (exact) mass is 421 g/mol. The highest BCUT2D eigenvalue weighted by atomic mass is 16.5. The maximum Gasteiger partial charge on any atom is 0.220 e. The Morgan fingerprint density at radius 3 is 2.65 bits per heavy atom. The number of hydrogen-bond donors (Lipinski definition) is 1. The molecule has 1 aromatic heterocycles. The molecule has 1 aliphatic heterocycles. The molecule has 1 aliphatic rings. The number of nitrogens with one attached hydrogen (secondary N) is 1. The summed E-state index contributed by atoms with van der Waals surface area (Å²) in [5.41, 5.74) is 3.33. The lowest BCUT2D eigenvalue weighted by Gasteiger charge is -2.26. The van der Waals surface area contributed by atoms with Crippen LogP contribution in [0.25, 0.3) is 10.9 Å². The van der Waals surface area contributed by atoms with Crippen LogP contribution in [0.3, 0.4) is 0 Å². The van der Waals surface area contributed by atoms with Crippen LogP contribution in [0.1, 0.15) is 23.5 Å². The van der Waals surface area contributed by atoms with E-state index in [0.29, 0.717) is 13.0 Å². The quantitative estimate of drug-likeness (QED) is 0.607. The number of carbonyl (C=O) groups excluding carboxylic acids is 1. The molecule has 1 atom stereocenters. The second-order valence-electron chi connectivity index (χ2n) is 8.02. The number of para-hydroxylation sites is 2. The Hall–Kier alpha value is -2.83. The highest BCUT2D eigenvalue weighted by molar-refractivity contribution is 5.86. The number of nitrogens with zero attached hydrogens (tertiary/aromatic N) is 2. The SMILES string of the molecule is COc1ccccc1[C@@H](CC(=O)NCCN1CCOCC1)c1cn(C)c2ccccc12. The molecule has 2 aromatic carbocycles. The van der Waals surface area contributed by atoms with Gasteiger partial charge in [0.15, 0.2) is 0 Å². The Morgan fingerprint density at radius 2 is 1.84 bits per heavy atom. The zero-order valence-electron chi connectivity index (χ0n) is 18.3. The molecule has 1 saturated heterocycles. The van der Waals surface area contributed by atoms with Gasteiger partial charge < -0.3 is 19.4 Å². The molecule has 0 bridgehead atoms. The van der Waals surface area contributed by atoms with Gasteiger partial charge in [-0.3, -0.25) is 9.69 Å².